The van der Waals surface area contributed by atoms with E-state index < -0.39 is 0 Å². The zero-order valence-corrected chi connectivity index (χ0v) is 12.9. The number of aliphatic hydroxyl groups excluding tert-OH is 1. The van der Waals surface area contributed by atoms with Gasteiger partial charge in [0.25, 0.3) is 0 Å². The Hall–Kier alpha value is -1.21. The van der Waals surface area contributed by atoms with E-state index in [0.717, 1.165) is 32.2 Å². The fourth-order valence-corrected chi connectivity index (χ4v) is 3.41. The molecule has 112 valence electrons. The second kappa shape index (κ2) is 6.49. The van der Waals surface area contributed by atoms with E-state index in [0.29, 0.717) is 17.5 Å². The highest BCUT2D eigenvalue weighted by Gasteiger charge is 2.36. The lowest BCUT2D eigenvalue weighted by molar-refractivity contribution is 0.0422. The molecule has 1 aromatic heterocycles. The van der Waals surface area contributed by atoms with Crippen LogP contribution >= 0.6 is 11.5 Å². The van der Waals surface area contributed by atoms with Crippen molar-refractivity contribution < 1.29 is 9.90 Å². The fraction of sp³-hybridized carbons (Fsp3) is 0.769. The molecule has 1 saturated heterocycles. The SMILES string of the molecule is CCCC1(CO)CCCN(C(=O)Nc2nc(C)ns2)C1. The van der Waals surface area contributed by atoms with E-state index in [-0.39, 0.29) is 18.1 Å². The molecule has 1 aromatic rings. The number of hydrogen-bond donors (Lipinski definition) is 2. The lowest BCUT2D eigenvalue weighted by Crippen LogP contribution is -2.49. The highest BCUT2D eigenvalue weighted by Crippen LogP contribution is 2.34. The number of carbonyl (C=O) groups excluding carboxylic acids is 1. The lowest BCUT2D eigenvalue weighted by atomic mass is 9.77. The molecule has 0 bridgehead atoms. The van der Waals surface area contributed by atoms with Gasteiger partial charge in [-0.05, 0) is 26.2 Å². The lowest BCUT2D eigenvalue weighted by Gasteiger charge is -2.41. The van der Waals surface area contributed by atoms with Gasteiger partial charge in [0.1, 0.15) is 5.82 Å². The molecule has 20 heavy (non-hydrogen) atoms. The molecule has 0 aromatic carbocycles. The van der Waals surface area contributed by atoms with Gasteiger partial charge in [-0.2, -0.15) is 4.37 Å². The van der Waals surface area contributed by atoms with E-state index in [2.05, 4.69) is 21.6 Å². The van der Waals surface area contributed by atoms with Crippen LogP contribution in [0.4, 0.5) is 9.93 Å². The van der Waals surface area contributed by atoms with Crippen LogP contribution in [-0.4, -0.2) is 45.1 Å². The van der Waals surface area contributed by atoms with Crippen LogP contribution in [0.2, 0.25) is 0 Å². The third kappa shape index (κ3) is 3.46. The van der Waals surface area contributed by atoms with Gasteiger partial charge in [-0.3, -0.25) is 5.32 Å². The van der Waals surface area contributed by atoms with Gasteiger partial charge in [-0.25, -0.2) is 9.78 Å². The van der Waals surface area contributed by atoms with Gasteiger partial charge in [0.2, 0.25) is 5.13 Å². The molecule has 6 nitrogen and oxygen atoms in total. The Labute approximate surface area is 123 Å². The number of amides is 2. The molecule has 1 unspecified atom stereocenters. The van der Waals surface area contributed by atoms with Gasteiger partial charge < -0.3 is 10.0 Å². The van der Waals surface area contributed by atoms with Crippen molar-refractivity contribution in [3.63, 3.8) is 0 Å². The summed E-state index contributed by atoms with van der Waals surface area (Å²) in [4.78, 5) is 18.2. The monoisotopic (exact) mass is 298 g/mol. The highest BCUT2D eigenvalue weighted by molar-refractivity contribution is 7.09. The zero-order valence-electron chi connectivity index (χ0n) is 12.1. The number of aliphatic hydroxyl groups is 1. The number of carbonyl (C=O) groups is 1. The minimum atomic E-state index is -0.144. The summed E-state index contributed by atoms with van der Waals surface area (Å²) < 4.78 is 4.05. The number of nitrogens with one attached hydrogen (secondary N) is 1. The van der Waals surface area contributed by atoms with Crippen molar-refractivity contribution >= 4 is 22.7 Å². The van der Waals surface area contributed by atoms with Crippen LogP contribution in [0.1, 0.15) is 38.4 Å². The first-order valence-electron chi connectivity index (χ1n) is 7.06. The highest BCUT2D eigenvalue weighted by atomic mass is 32.1. The Kier molecular flexibility index (Phi) is 4.93. The molecular weight excluding hydrogens is 276 g/mol. The molecule has 2 amide bonds. The summed E-state index contributed by atoms with van der Waals surface area (Å²) in [6, 6.07) is -0.144. The third-order valence-electron chi connectivity index (χ3n) is 3.81. The van der Waals surface area contributed by atoms with E-state index in [1.807, 2.05) is 0 Å². The first-order chi connectivity index (χ1) is 9.58. The molecule has 2 N–H and O–H groups in total. The molecule has 2 heterocycles. The molecule has 1 fully saturated rings. The Bertz CT molecular complexity index is 461. The van der Waals surface area contributed by atoms with Gasteiger partial charge in [-0.15, -0.1) is 0 Å². The summed E-state index contributed by atoms with van der Waals surface area (Å²) in [6.07, 6.45) is 3.89. The normalized spacial score (nSPS) is 22.9. The van der Waals surface area contributed by atoms with Crippen molar-refractivity contribution in [3.05, 3.63) is 5.82 Å². The van der Waals surface area contributed by atoms with Gasteiger partial charge in [0.05, 0.1) is 6.61 Å². The molecule has 0 saturated carbocycles. The maximum Gasteiger partial charge on any atom is 0.323 e. The minimum Gasteiger partial charge on any atom is -0.396 e. The second-order valence-corrected chi connectivity index (χ2v) is 6.26. The average molecular weight is 298 g/mol. The number of nitrogens with zero attached hydrogens (tertiary/aromatic N) is 3. The molecule has 1 aliphatic rings. The number of urea groups is 1. The van der Waals surface area contributed by atoms with Crippen LogP contribution in [-0.2, 0) is 0 Å². The number of aromatic nitrogens is 2. The predicted octanol–water partition coefficient (Wildman–Crippen LogP) is 2.25. The smallest absolute Gasteiger partial charge is 0.323 e. The van der Waals surface area contributed by atoms with Crippen molar-refractivity contribution in [1.29, 1.82) is 0 Å². The first-order valence-corrected chi connectivity index (χ1v) is 7.83. The molecule has 0 aliphatic carbocycles. The largest absolute Gasteiger partial charge is 0.396 e. The van der Waals surface area contributed by atoms with Gasteiger partial charge in [-0.1, -0.05) is 13.3 Å². The molecular formula is C13H22N4O2S. The summed E-state index contributed by atoms with van der Waals surface area (Å²) >= 11 is 1.19. The molecule has 7 heteroatoms. The Morgan fingerprint density at radius 2 is 2.40 bits per heavy atom. The van der Waals surface area contributed by atoms with Crippen molar-refractivity contribution in [2.75, 3.05) is 25.0 Å². The molecule has 1 atom stereocenters. The molecule has 2 rings (SSSR count). The van der Waals surface area contributed by atoms with Gasteiger partial charge >= 0.3 is 6.03 Å². The summed E-state index contributed by atoms with van der Waals surface area (Å²) in [5, 5.41) is 13.0. The topological polar surface area (TPSA) is 78.4 Å². The van der Waals surface area contributed by atoms with Crippen LogP contribution in [0.3, 0.4) is 0 Å². The van der Waals surface area contributed by atoms with Crippen molar-refractivity contribution in [3.8, 4) is 0 Å². The Morgan fingerprint density at radius 3 is 3.00 bits per heavy atom. The average Bonchev–Trinajstić information content (AvgIpc) is 2.84. The molecule has 0 spiro atoms. The maximum absolute atomic E-state index is 12.3. The van der Waals surface area contributed by atoms with E-state index in [4.69, 9.17) is 0 Å². The van der Waals surface area contributed by atoms with E-state index >= 15 is 0 Å². The van der Waals surface area contributed by atoms with E-state index in [1.165, 1.54) is 11.5 Å². The first kappa shape index (κ1) is 15.2. The third-order valence-corrected chi connectivity index (χ3v) is 4.53. The summed E-state index contributed by atoms with van der Waals surface area (Å²) in [7, 11) is 0. The van der Waals surface area contributed by atoms with Crippen LogP contribution in [0.5, 0.6) is 0 Å². The number of hydrogen-bond acceptors (Lipinski definition) is 5. The minimum absolute atomic E-state index is 0.138. The summed E-state index contributed by atoms with van der Waals surface area (Å²) in [5.41, 5.74) is -0.138. The Balaban J connectivity index is 1.99. The molecule has 1 aliphatic heterocycles. The summed E-state index contributed by atoms with van der Waals surface area (Å²) in [6.45, 7) is 5.39. The van der Waals surface area contributed by atoms with Gasteiger partial charge in [0, 0.05) is 30.0 Å². The van der Waals surface area contributed by atoms with E-state index in [1.54, 1.807) is 11.8 Å². The van der Waals surface area contributed by atoms with Crippen molar-refractivity contribution in [1.82, 2.24) is 14.3 Å². The maximum atomic E-state index is 12.3. The van der Waals surface area contributed by atoms with Crippen LogP contribution in [0, 0.1) is 12.3 Å². The number of piperidine rings is 1. The van der Waals surface area contributed by atoms with Crippen LogP contribution in [0.25, 0.3) is 0 Å². The second-order valence-electron chi connectivity index (χ2n) is 5.51. The number of anilines is 1. The zero-order chi connectivity index (χ0) is 14.6. The fourth-order valence-electron chi connectivity index (χ4n) is 2.84. The number of rotatable bonds is 4. The number of likely N-dealkylation sites (tertiary alicyclic amines) is 1. The quantitative estimate of drug-likeness (QED) is 0.893. The predicted molar refractivity (Wildman–Crippen MR) is 78.9 cm³/mol. The molecule has 0 radical (unpaired) electrons. The standard InChI is InChI=1S/C13H22N4O2S/c1-3-5-13(9-18)6-4-7-17(8-13)12(19)15-11-14-10(2)16-20-11/h18H,3-9H2,1-2H3,(H,14,15,16,19). The summed E-state index contributed by atoms with van der Waals surface area (Å²) in [5.74, 6) is 0.666. The van der Waals surface area contributed by atoms with Crippen LogP contribution < -0.4 is 5.32 Å². The number of aryl methyl sites for hydroxylation is 1. The van der Waals surface area contributed by atoms with Crippen molar-refractivity contribution in [2.24, 2.45) is 5.41 Å². The van der Waals surface area contributed by atoms with Gasteiger partial charge in [0.15, 0.2) is 0 Å². The van der Waals surface area contributed by atoms with Crippen LogP contribution in [0.15, 0.2) is 0 Å². The Morgan fingerprint density at radius 1 is 1.60 bits per heavy atom. The van der Waals surface area contributed by atoms with E-state index in [9.17, 15) is 9.90 Å². The van der Waals surface area contributed by atoms with Crippen molar-refractivity contribution in [2.45, 2.75) is 39.5 Å².